The summed E-state index contributed by atoms with van der Waals surface area (Å²) in [7, 11) is 0. The smallest absolute Gasteiger partial charge is 0.337 e. The van der Waals surface area contributed by atoms with E-state index in [1.807, 2.05) is 6.92 Å². The van der Waals surface area contributed by atoms with E-state index in [1.54, 1.807) is 47.3 Å². The number of furan rings is 1. The van der Waals surface area contributed by atoms with Gasteiger partial charge in [-0.2, -0.15) is 0 Å². The van der Waals surface area contributed by atoms with Crippen LogP contribution in [0.1, 0.15) is 19.1 Å². The third-order valence-electron chi connectivity index (χ3n) is 4.34. The number of hydrogen-bond acceptors (Lipinski definition) is 4. The summed E-state index contributed by atoms with van der Waals surface area (Å²) in [6, 6.07) is 10.3. The van der Waals surface area contributed by atoms with Gasteiger partial charge in [0.1, 0.15) is 5.76 Å². The molecule has 138 valence electrons. The Morgan fingerprint density at radius 3 is 2.59 bits per heavy atom. The molecule has 0 saturated heterocycles. The van der Waals surface area contributed by atoms with Crippen LogP contribution in [-0.4, -0.2) is 18.7 Å². The maximum atomic E-state index is 13.2. The highest BCUT2D eigenvalue weighted by Crippen LogP contribution is 2.16. The topological polar surface area (TPSA) is 75.0 Å². The zero-order valence-corrected chi connectivity index (χ0v) is 15.4. The van der Waals surface area contributed by atoms with Crippen LogP contribution >= 0.6 is 11.6 Å². The fraction of sp³-hybridized carbons (Fsp3) is 0.211. The molecule has 4 rings (SSSR count). The van der Waals surface area contributed by atoms with E-state index in [4.69, 9.17) is 16.0 Å². The lowest BCUT2D eigenvalue weighted by atomic mass is 10.3. The molecule has 0 spiro atoms. The average Bonchev–Trinajstić information content (AvgIpc) is 3.31. The van der Waals surface area contributed by atoms with Crippen LogP contribution in [0.25, 0.3) is 16.9 Å². The van der Waals surface area contributed by atoms with E-state index in [2.05, 4.69) is 4.98 Å². The summed E-state index contributed by atoms with van der Waals surface area (Å²) >= 11 is 5.98. The minimum atomic E-state index is -0.479. The molecule has 1 aromatic carbocycles. The molecular weight excluding hydrogens is 368 g/mol. The lowest BCUT2D eigenvalue weighted by molar-refractivity contribution is 0.482. The first-order valence-corrected chi connectivity index (χ1v) is 8.97. The molecule has 4 aromatic rings. The molecule has 0 aliphatic carbocycles. The molecule has 0 aliphatic heterocycles. The number of aryl methyl sites for hydroxylation is 1. The molecule has 0 aliphatic rings. The number of nitrogens with zero attached hydrogens (tertiary/aromatic N) is 4. The maximum Gasteiger partial charge on any atom is 0.337 e. The molecule has 0 amide bonds. The van der Waals surface area contributed by atoms with E-state index in [-0.39, 0.29) is 12.1 Å². The van der Waals surface area contributed by atoms with Crippen LogP contribution in [0.15, 0.2) is 63.0 Å². The number of rotatable bonds is 5. The third kappa shape index (κ3) is 3.00. The van der Waals surface area contributed by atoms with Gasteiger partial charge in [-0.25, -0.2) is 14.3 Å². The van der Waals surface area contributed by atoms with Gasteiger partial charge in [-0.15, -0.1) is 0 Å². The highest BCUT2D eigenvalue weighted by atomic mass is 35.5. The fourth-order valence-corrected chi connectivity index (χ4v) is 3.24. The van der Waals surface area contributed by atoms with Crippen molar-refractivity contribution in [2.45, 2.75) is 26.4 Å². The Bertz CT molecular complexity index is 1200. The zero-order chi connectivity index (χ0) is 19.0. The molecule has 0 bridgehead atoms. The van der Waals surface area contributed by atoms with Gasteiger partial charge < -0.3 is 8.98 Å². The van der Waals surface area contributed by atoms with Crippen molar-refractivity contribution in [2.75, 3.05) is 0 Å². The normalized spacial score (nSPS) is 11.3. The summed E-state index contributed by atoms with van der Waals surface area (Å²) < 4.78 is 9.72. The van der Waals surface area contributed by atoms with Gasteiger partial charge in [-0.3, -0.25) is 9.36 Å². The van der Waals surface area contributed by atoms with Crippen LogP contribution < -0.4 is 11.2 Å². The Labute approximate surface area is 159 Å². The highest BCUT2D eigenvalue weighted by Gasteiger charge is 2.19. The van der Waals surface area contributed by atoms with E-state index in [1.165, 1.54) is 15.4 Å². The van der Waals surface area contributed by atoms with E-state index in [9.17, 15) is 9.59 Å². The van der Waals surface area contributed by atoms with Gasteiger partial charge >= 0.3 is 5.69 Å². The molecule has 3 heterocycles. The van der Waals surface area contributed by atoms with Crippen LogP contribution in [0.3, 0.4) is 0 Å². The standard InChI is InChI=1S/C19H17ClN4O3/c1-2-9-22-12-21-17-16(22)18(25)23(11-15-4-3-10-27-15)19(26)24(17)14-7-5-13(20)6-8-14/h3-8,10,12H,2,9,11H2,1H3. The van der Waals surface area contributed by atoms with Gasteiger partial charge in [0.2, 0.25) is 0 Å². The molecule has 0 radical (unpaired) electrons. The molecular formula is C19H17ClN4O3. The molecule has 0 saturated carbocycles. The molecule has 8 heteroatoms. The van der Waals surface area contributed by atoms with Crippen molar-refractivity contribution in [1.29, 1.82) is 0 Å². The Hall–Kier alpha value is -3.06. The summed E-state index contributed by atoms with van der Waals surface area (Å²) in [4.78, 5) is 30.6. The van der Waals surface area contributed by atoms with Crippen molar-refractivity contribution in [3.05, 3.63) is 80.6 Å². The van der Waals surface area contributed by atoms with Crippen LogP contribution in [-0.2, 0) is 13.1 Å². The molecule has 0 unspecified atom stereocenters. The summed E-state index contributed by atoms with van der Waals surface area (Å²) in [6.45, 7) is 2.69. The summed E-state index contributed by atoms with van der Waals surface area (Å²) in [5.74, 6) is 0.526. The van der Waals surface area contributed by atoms with E-state index >= 15 is 0 Å². The van der Waals surface area contributed by atoms with Crippen molar-refractivity contribution < 1.29 is 4.42 Å². The van der Waals surface area contributed by atoms with Gasteiger partial charge in [0, 0.05) is 11.6 Å². The molecule has 0 fully saturated rings. The SMILES string of the molecule is CCCn1cnc2c1c(=O)n(Cc1ccco1)c(=O)n2-c1ccc(Cl)cc1. The Balaban J connectivity index is 2.04. The quantitative estimate of drug-likeness (QED) is 0.530. The Morgan fingerprint density at radius 2 is 1.93 bits per heavy atom. The predicted octanol–water partition coefficient (Wildman–Crippen LogP) is 3.05. The van der Waals surface area contributed by atoms with Gasteiger partial charge in [0.25, 0.3) is 5.56 Å². The average molecular weight is 385 g/mol. The number of hydrogen-bond donors (Lipinski definition) is 0. The van der Waals surface area contributed by atoms with Crippen LogP contribution in [0, 0.1) is 0 Å². The molecule has 7 nitrogen and oxygen atoms in total. The van der Waals surface area contributed by atoms with Gasteiger partial charge in [-0.1, -0.05) is 18.5 Å². The van der Waals surface area contributed by atoms with Crippen LogP contribution in [0.4, 0.5) is 0 Å². The zero-order valence-electron chi connectivity index (χ0n) is 14.6. The number of benzene rings is 1. The van der Waals surface area contributed by atoms with Gasteiger partial charge in [0.05, 0.1) is 24.8 Å². The maximum absolute atomic E-state index is 13.2. The molecule has 0 N–H and O–H groups in total. The fourth-order valence-electron chi connectivity index (χ4n) is 3.11. The van der Waals surface area contributed by atoms with Crippen molar-refractivity contribution in [3.8, 4) is 5.69 Å². The first-order valence-electron chi connectivity index (χ1n) is 8.59. The number of imidazole rings is 1. The number of halogens is 1. The lowest BCUT2D eigenvalue weighted by Crippen LogP contribution is -2.40. The number of aromatic nitrogens is 4. The first-order chi connectivity index (χ1) is 13.1. The molecule has 0 atom stereocenters. The predicted molar refractivity (Wildman–Crippen MR) is 103 cm³/mol. The van der Waals surface area contributed by atoms with Crippen LogP contribution in [0.5, 0.6) is 0 Å². The van der Waals surface area contributed by atoms with E-state index < -0.39 is 5.69 Å². The van der Waals surface area contributed by atoms with Crippen molar-refractivity contribution in [2.24, 2.45) is 0 Å². The highest BCUT2D eigenvalue weighted by molar-refractivity contribution is 6.30. The second-order valence-corrected chi connectivity index (χ2v) is 6.61. The van der Waals surface area contributed by atoms with Crippen LogP contribution in [0.2, 0.25) is 5.02 Å². The minimum Gasteiger partial charge on any atom is -0.467 e. The number of fused-ring (bicyclic) bond motifs is 1. The van der Waals surface area contributed by atoms with Crippen molar-refractivity contribution in [1.82, 2.24) is 18.7 Å². The minimum absolute atomic E-state index is 0.0471. The van der Waals surface area contributed by atoms with Crippen molar-refractivity contribution >= 4 is 22.8 Å². The molecule has 27 heavy (non-hydrogen) atoms. The largest absolute Gasteiger partial charge is 0.467 e. The second kappa shape index (κ2) is 6.92. The van der Waals surface area contributed by atoms with E-state index in [0.29, 0.717) is 34.2 Å². The summed E-state index contributed by atoms with van der Waals surface area (Å²) in [5, 5.41) is 0.559. The monoisotopic (exact) mass is 384 g/mol. The lowest BCUT2D eigenvalue weighted by Gasteiger charge is -2.12. The first kappa shape index (κ1) is 17.4. The summed E-state index contributed by atoms with van der Waals surface area (Å²) in [5.41, 5.74) is 0.439. The van der Waals surface area contributed by atoms with Gasteiger partial charge in [0.15, 0.2) is 11.2 Å². The van der Waals surface area contributed by atoms with Gasteiger partial charge in [-0.05, 0) is 42.8 Å². The molecule has 3 aromatic heterocycles. The second-order valence-electron chi connectivity index (χ2n) is 6.18. The van der Waals surface area contributed by atoms with Crippen molar-refractivity contribution in [3.63, 3.8) is 0 Å². The summed E-state index contributed by atoms with van der Waals surface area (Å²) in [6.07, 6.45) is 3.94. The Morgan fingerprint density at radius 1 is 1.15 bits per heavy atom. The Kier molecular flexibility index (Phi) is 4.45. The van der Waals surface area contributed by atoms with E-state index in [0.717, 1.165) is 6.42 Å². The third-order valence-corrected chi connectivity index (χ3v) is 4.60.